The molecule has 0 radical (unpaired) electrons. The lowest BCUT2D eigenvalue weighted by Gasteiger charge is -2.29. The molecule has 3 rings (SSSR count). The SMILES string of the molecule is COC(=O)C1=C([C@H]2CCC(=O)O2)O[C@H](c2ccc(OC)cc2)CS1. The number of carbonyl (C=O) groups is 2. The highest BCUT2D eigenvalue weighted by atomic mass is 32.2. The maximum absolute atomic E-state index is 12.0. The van der Waals surface area contributed by atoms with Crippen molar-refractivity contribution in [1.29, 1.82) is 0 Å². The van der Waals surface area contributed by atoms with Gasteiger partial charge in [0.15, 0.2) is 11.9 Å². The first-order valence-electron chi connectivity index (χ1n) is 7.57. The average molecular weight is 350 g/mol. The highest BCUT2D eigenvalue weighted by Gasteiger charge is 2.37. The molecule has 1 aromatic rings. The molecule has 6 nitrogen and oxygen atoms in total. The molecule has 1 aromatic carbocycles. The number of benzene rings is 1. The van der Waals surface area contributed by atoms with Crippen LogP contribution in [0.3, 0.4) is 0 Å². The van der Waals surface area contributed by atoms with Gasteiger partial charge in [0.2, 0.25) is 0 Å². The van der Waals surface area contributed by atoms with E-state index in [4.69, 9.17) is 18.9 Å². The number of hydrogen-bond acceptors (Lipinski definition) is 7. The highest BCUT2D eigenvalue weighted by molar-refractivity contribution is 8.04. The molecule has 2 heterocycles. The Morgan fingerprint density at radius 1 is 1.17 bits per heavy atom. The molecule has 7 heteroatoms. The van der Waals surface area contributed by atoms with E-state index in [0.717, 1.165) is 11.3 Å². The third-order valence-electron chi connectivity index (χ3n) is 3.91. The summed E-state index contributed by atoms with van der Waals surface area (Å²) < 4.78 is 21.3. The first-order chi connectivity index (χ1) is 11.6. The van der Waals surface area contributed by atoms with Crippen LogP contribution in [0.25, 0.3) is 0 Å². The second-order valence-corrected chi connectivity index (χ2v) is 6.42. The van der Waals surface area contributed by atoms with Crippen molar-refractivity contribution in [2.24, 2.45) is 0 Å². The van der Waals surface area contributed by atoms with Crippen LogP contribution < -0.4 is 4.74 Å². The van der Waals surface area contributed by atoms with Crippen LogP contribution in [-0.4, -0.2) is 38.0 Å². The van der Waals surface area contributed by atoms with E-state index in [1.807, 2.05) is 24.3 Å². The van der Waals surface area contributed by atoms with Crippen molar-refractivity contribution in [2.75, 3.05) is 20.0 Å². The number of methoxy groups -OCH3 is 2. The molecule has 0 saturated carbocycles. The van der Waals surface area contributed by atoms with E-state index in [2.05, 4.69) is 0 Å². The fourth-order valence-corrected chi connectivity index (χ4v) is 3.74. The van der Waals surface area contributed by atoms with Gasteiger partial charge >= 0.3 is 11.9 Å². The smallest absolute Gasteiger partial charge is 0.347 e. The van der Waals surface area contributed by atoms with Crippen molar-refractivity contribution in [1.82, 2.24) is 0 Å². The minimum atomic E-state index is -0.528. The van der Waals surface area contributed by atoms with Crippen molar-refractivity contribution in [3.8, 4) is 5.75 Å². The number of carbonyl (C=O) groups excluding carboxylic acids is 2. The van der Waals surface area contributed by atoms with Gasteiger partial charge in [0.05, 0.1) is 14.2 Å². The fourth-order valence-electron chi connectivity index (χ4n) is 2.64. The van der Waals surface area contributed by atoms with Gasteiger partial charge in [-0.1, -0.05) is 12.1 Å². The molecular weight excluding hydrogens is 332 g/mol. The van der Waals surface area contributed by atoms with Gasteiger partial charge in [-0.2, -0.15) is 0 Å². The molecule has 0 spiro atoms. The number of esters is 2. The van der Waals surface area contributed by atoms with Crippen molar-refractivity contribution in [3.63, 3.8) is 0 Å². The standard InChI is InChI=1S/C17H18O6S/c1-20-11-5-3-10(4-6-11)13-9-24-16(17(19)21-2)15(23-13)12-7-8-14(18)22-12/h3-6,12-13H,7-9H2,1-2H3/t12-,13+/m1/s1. The Kier molecular flexibility index (Phi) is 4.99. The molecule has 128 valence electrons. The van der Waals surface area contributed by atoms with Gasteiger partial charge in [-0.05, 0) is 17.7 Å². The summed E-state index contributed by atoms with van der Waals surface area (Å²) in [7, 11) is 2.93. The summed E-state index contributed by atoms with van der Waals surface area (Å²) >= 11 is 1.36. The zero-order chi connectivity index (χ0) is 17.1. The number of cyclic esters (lactones) is 1. The number of hydrogen-bond donors (Lipinski definition) is 0. The third-order valence-corrected chi connectivity index (χ3v) is 5.03. The highest BCUT2D eigenvalue weighted by Crippen LogP contribution is 2.41. The Morgan fingerprint density at radius 2 is 1.92 bits per heavy atom. The van der Waals surface area contributed by atoms with Crippen molar-refractivity contribution >= 4 is 23.7 Å². The maximum atomic E-state index is 12.0. The van der Waals surface area contributed by atoms with Crippen molar-refractivity contribution < 1.29 is 28.5 Å². The summed E-state index contributed by atoms with van der Waals surface area (Å²) in [5, 5.41) is 0. The quantitative estimate of drug-likeness (QED) is 0.773. The van der Waals surface area contributed by atoms with Crippen molar-refractivity contribution in [2.45, 2.75) is 25.0 Å². The van der Waals surface area contributed by atoms with Crippen LogP contribution in [0.1, 0.15) is 24.5 Å². The molecule has 2 atom stereocenters. The molecule has 0 N–H and O–H groups in total. The molecule has 0 aromatic heterocycles. The van der Waals surface area contributed by atoms with Gasteiger partial charge in [0.25, 0.3) is 0 Å². The van der Waals surface area contributed by atoms with Crippen LogP contribution in [0.5, 0.6) is 5.75 Å². The van der Waals surface area contributed by atoms with Gasteiger partial charge in [0.1, 0.15) is 16.8 Å². The predicted molar refractivity (Wildman–Crippen MR) is 87.4 cm³/mol. The van der Waals surface area contributed by atoms with Crippen LogP contribution in [-0.2, 0) is 23.8 Å². The zero-order valence-corrected chi connectivity index (χ0v) is 14.3. The van der Waals surface area contributed by atoms with Gasteiger partial charge < -0.3 is 18.9 Å². The van der Waals surface area contributed by atoms with Crippen LogP contribution in [0.4, 0.5) is 0 Å². The molecular formula is C17H18O6S. The largest absolute Gasteiger partial charge is 0.497 e. The predicted octanol–water partition coefficient (Wildman–Crippen LogP) is 2.59. The normalized spacial score (nSPS) is 23.5. The Hall–Kier alpha value is -2.15. The van der Waals surface area contributed by atoms with E-state index in [9.17, 15) is 9.59 Å². The topological polar surface area (TPSA) is 71.1 Å². The first-order valence-corrected chi connectivity index (χ1v) is 8.56. The lowest BCUT2D eigenvalue weighted by molar-refractivity contribution is -0.142. The monoisotopic (exact) mass is 350 g/mol. The maximum Gasteiger partial charge on any atom is 0.347 e. The second-order valence-electron chi connectivity index (χ2n) is 5.39. The molecule has 0 bridgehead atoms. The van der Waals surface area contributed by atoms with Crippen LogP contribution in [0, 0.1) is 0 Å². The summed E-state index contributed by atoms with van der Waals surface area (Å²) in [5.74, 6) is 0.978. The molecule has 2 aliphatic heterocycles. The van der Waals surface area contributed by atoms with Crippen LogP contribution >= 0.6 is 11.8 Å². The molecule has 0 aliphatic carbocycles. The molecule has 24 heavy (non-hydrogen) atoms. The molecule has 2 aliphatic rings. The summed E-state index contributed by atoms with van der Waals surface area (Å²) in [6, 6.07) is 7.56. The Bertz CT molecular complexity index is 666. The van der Waals surface area contributed by atoms with Gasteiger partial charge in [-0.15, -0.1) is 11.8 Å². The summed E-state index contributed by atoms with van der Waals surface area (Å²) in [5.41, 5.74) is 0.967. The summed E-state index contributed by atoms with van der Waals surface area (Å²) in [4.78, 5) is 23.8. The third kappa shape index (κ3) is 3.36. The van der Waals surface area contributed by atoms with E-state index in [1.54, 1.807) is 7.11 Å². The number of rotatable bonds is 4. The lowest BCUT2D eigenvalue weighted by Crippen LogP contribution is -2.25. The van der Waals surface area contributed by atoms with E-state index < -0.39 is 12.1 Å². The summed E-state index contributed by atoms with van der Waals surface area (Å²) in [6.45, 7) is 0. The minimum Gasteiger partial charge on any atom is -0.497 e. The molecule has 0 amide bonds. The van der Waals surface area contributed by atoms with E-state index in [0.29, 0.717) is 29.3 Å². The van der Waals surface area contributed by atoms with Gasteiger partial charge in [0, 0.05) is 18.6 Å². The Balaban J connectivity index is 1.86. The first kappa shape index (κ1) is 16.7. The second kappa shape index (κ2) is 7.17. The molecule has 0 unspecified atom stereocenters. The van der Waals surface area contributed by atoms with E-state index >= 15 is 0 Å². The number of thioether (sulfide) groups is 1. The van der Waals surface area contributed by atoms with E-state index in [1.165, 1.54) is 18.9 Å². The minimum absolute atomic E-state index is 0.233. The lowest BCUT2D eigenvalue weighted by atomic mass is 10.1. The fraction of sp³-hybridized carbons (Fsp3) is 0.412. The van der Waals surface area contributed by atoms with E-state index in [-0.39, 0.29) is 12.1 Å². The van der Waals surface area contributed by atoms with Gasteiger partial charge in [-0.3, -0.25) is 4.79 Å². The molecule has 1 fully saturated rings. The van der Waals surface area contributed by atoms with Crippen molar-refractivity contribution in [3.05, 3.63) is 40.5 Å². The van der Waals surface area contributed by atoms with Crippen LogP contribution in [0.15, 0.2) is 34.9 Å². The molecule has 1 saturated heterocycles. The van der Waals surface area contributed by atoms with Crippen LogP contribution in [0.2, 0.25) is 0 Å². The summed E-state index contributed by atoms with van der Waals surface area (Å²) in [6.07, 6.45) is 0.0674. The average Bonchev–Trinajstić information content (AvgIpc) is 3.07. The van der Waals surface area contributed by atoms with Gasteiger partial charge in [-0.25, -0.2) is 4.79 Å². The number of ether oxygens (including phenoxy) is 4. The Morgan fingerprint density at radius 3 is 2.50 bits per heavy atom. The Labute approximate surface area is 144 Å². The zero-order valence-electron chi connectivity index (χ0n) is 13.4.